The summed E-state index contributed by atoms with van der Waals surface area (Å²) < 4.78 is 0. The summed E-state index contributed by atoms with van der Waals surface area (Å²) in [6.07, 6.45) is 0.531. The molecule has 0 aliphatic heterocycles. The zero-order chi connectivity index (χ0) is 13.6. The lowest BCUT2D eigenvalue weighted by molar-refractivity contribution is -0.117. The Kier molecular flexibility index (Phi) is 5.51. The van der Waals surface area contributed by atoms with Crippen LogP contribution < -0.4 is 0 Å². The Morgan fingerprint density at radius 3 is 2.39 bits per heavy atom. The van der Waals surface area contributed by atoms with Gasteiger partial charge in [-0.25, -0.2) is 0 Å². The van der Waals surface area contributed by atoms with Gasteiger partial charge >= 0.3 is 0 Å². The molecule has 1 aromatic carbocycles. The summed E-state index contributed by atoms with van der Waals surface area (Å²) in [6.45, 7) is 7.20. The van der Waals surface area contributed by atoms with E-state index in [1.165, 1.54) is 5.56 Å². The van der Waals surface area contributed by atoms with Crippen LogP contribution in [0, 0.1) is 0 Å². The lowest BCUT2D eigenvalue weighted by atomic mass is 10.1. The van der Waals surface area contributed by atoms with Crippen molar-refractivity contribution in [3.63, 3.8) is 0 Å². The van der Waals surface area contributed by atoms with Crippen LogP contribution in [0.3, 0.4) is 0 Å². The quantitative estimate of drug-likeness (QED) is 0.805. The minimum atomic E-state index is -0.744. The molecule has 0 amide bonds. The molecule has 3 nitrogen and oxygen atoms in total. The van der Waals surface area contributed by atoms with Crippen molar-refractivity contribution in [1.29, 1.82) is 0 Å². The van der Waals surface area contributed by atoms with E-state index in [4.69, 9.17) is 0 Å². The van der Waals surface area contributed by atoms with Crippen LogP contribution in [0.1, 0.15) is 32.8 Å². The van der Waals surface area contributed by atoms with E-state index in [2.05, 4.69) is 17.0 Å². The van der Waals surface area contributed by atoms with Crippen LogP contribution in [-0.2, 0) is 11.3 Å². The summed E-state index contributed by atoms with van der Waals surface area (Å²) in [7, 11) is 0. The number of hydrogen-bond donors (Lipinski definition) is 1. The number of hydrogen-bond acceptors (Lipinski definition) is 3. The fourth-order valence-corrected chi connectivity index (χ4v) is 1.92. The molecule has 100 valence electrons. The van der Waals surface area contributed by atoms with Gasteiger partial charge in [0.15, 0.2) is 0 Å². The fraction of sp³-hybridized carbons (Fsp3) is 0.533. The van der Waals surface area contributed by atoms with Crippen molar-refractivity contribution < 1.29 is 9.90 Å². The van der Waals surface area contributed by atoms with Crippen LogP contribution in [0.4, 0.5) is 0 Å². The van der Waals surface area contributed by atoms with E-state index in [0.717, 1.165) is 6.54 Å². The minimum absolute atomic E-state index is 0.184. The van der Waals surface area contributed by atoms with E-state index in [1.54, 1.807) is 20.8 Å². The van der Waals surface area contributed by atoms with Crippen molar-refractivity contribution >= 4 is 5.78 Å². The van der Waals surface area contributed by atoms with Crippen LogP contribution in [0.15, 0.2) is 30.3 Å². The van der Waals surface area contributed by atoms with Crippen LogP contribution in [0.2, 0.25) is 0 Å². The number of aliphatic hydroxyl groups is 1. The Morgan fingerprint density at radius 2 is 1.89 bits per heavy atom. The SMILES string of the molecule is CC(=O)CCN(Cc1ccccc1)CC(C)(C)O. The molecule has 0 saturated carbocycles. The summed E-state index contributed by atoms with van der Waals surface area (Å²) in [6, 6.07) is 10.1. The summed E-state index contributed by atoms with van der Waals surface area (Å²) in [5.41, 5.74) is 0.455. The Morgan fingerprint density at radius 1 is 1.28 bits per heavy atom. The Balaban J connectivity index is 2.62. The first-order valence-corrected chi connectivity index (χ1v) is 6.35. The third-order valence-corrected chi connectivity index (χ3v) is 2.64. The lowest BCUT2D eigenvalue weighted by Gasteiger charge is -2.28. The van der Waals surface area contributed by atoms with Gasteiger partial charge < -0.3 is 5.11 Å². The first kappa shape index (κ1) is 14.9. The molecule has 0 fully saturated rings. The average molecular weight is 249 g/mol. The summed E-state index contributed by atoms with van der Waals surface area (Å²) in [4.78, 5) is 13.2. The van der Waals surface area contributed by atoms with E-state index in [1.807, 2.05) is 18.2 Å². The largest absolute Gasteiger partial charge is 0.389 e. The summed E-state index contributed by atoms with van der Waals surface area (Å²) >= 11 is 0. The molecule has 1 aromatic rings. The molecule has 0 aromatic heterocycles. The van der Waals surface area contributed by atoms with Gasteiger partial charge in [-0.05, 0) is 26.3 Å². The van der Waals surface area contributed by atoms with E-state index >= 15 is 0 Å². The average Bonchev–Trinajstić information content (AvgIpc) is 2.25. The number of benzene rings is 1. The zero-order valence-electron chi connectivity index (χ0n) is 11.5. The van der Waals surface area contributed by atoms with Gasteiger partial charge in [-0.3, -0.25) is 9.69 Å². The second kappa shape index (κ2) is 6.66. The second-order valence-electron chi connectivity index (χ2n) is 5.46. The topological polar surface area (TPSA) is 40.5 Å². The van der Waals surface area contributed by atoms with Gasteiger partial charge in [0, 0.05) is 26.1 Å². The van der Waals surface area contributed by atoms with Crippen LogP contribution >= 0.6 is 0 Å². The maximum atomic E-state index is 11.1. The maximum Gasteiger partial charge on any atom is 0.131 e. The third kappa shape index (κ3) is 6.52. The normalized spacial score (nSPS) is 11.8. The first-order chi connectivity index (χ1) is 8.37. The van der Waals surface area contributed by atoms with Gasteiger partial charge in [0.05, 0.1) is 5.60 Å². The smallest absolute Gasteiger partial charge is 0.131 e. The highest BCUT2D eigenvalue weighted by Crippen LogP contribution is 2.10. The zero-order valence-corrected chi connectivity index (χ0v) is 11.5. The first-order valence-electron chi connectivity index (χ1n) is 6.35. The molecule has 18 heavy (non-hydrogen) atoms. The van der Waals surface area contributed by atoms with Gasteiger partial charge in [0.1, 0.15) is 5.78 Å². The predicted octanol–water partition coefficient (Wildman–Crippen LogP) is 2.24. The molecule has 0 radical (unpaired) electrons. The standard InChI is InChI=1S/C15H23NO2/c1-13(17)9-10-16(12-15(2,3)18)11-14-7-5-4-6-8-14/h4-8,18H,9-12H2,1-3H3. The van der Waals surface area contributed by atoms with Crippen molar-refractivity contribution in [3.8, 4) is 0 Å². The van der Waals surface area contributed by atoms with E-state index in [9.17, 15) is 9.90 Å². The number of nitrogens with zero attached hydrogens (tertiary/aromatic N) is 1. The van der Waals surface area contributed by atoms with Crippen LogP contribution in [0.5, 0.6) is 0 Å². The molecular formula is C15H23NO2. The molecule has 3 heteroatoms. The van der Waals surface area contributed by atoms with Crippen molar-refractivity contribution in [2.45, 2.75) is 39.3 Å². The molecule has 0 aliphatic rings. The molecule has 0 aliphatic carbocycles. The Labute approximate surface area is 109 Å². The molecular weight excluding hydrogens is 226 g/mol. The Bertz CT molecular complexity index is 368. The van der Waals surface area contributed by atoms with Gasteiger partial charge in [-0.2, -0.15) is 0 Å². The molecule has 1 N–H and O–H groups in total. The highest BCUT2D eigenvalue weighted by molar-refractivity contribution is 5.75. The number of ketones is 1. The molecule has 0 saturated heterocycles. The molecule has 0 spiro atoms. The Hall–Kier alpha value is -1.19. The third-order valence-electron chi connectivity index (χ3n) is 2.64. The van der Waals surface area contributed by atoms with E-state index in [0.29, 0.717) is 19.5 Å². The van der Waals surface area contributed by atoms with Crippen LogP contribution in [0.25, 0.3) is 0 Å². The minimum Gasteiger partial charge on any atom is -0.389 e. The molecule has 0 heterocycles. The number of rotatable bonds is 7. The molecule has 0 unspecified atom stereocenters. The fourth-order valence-electron chi connectivity index (χ4n) is 1.92. The van der Waals surface area contributed by atoms with E-state index in [-0.39, 0.29) is 5.78 Å². The van der Waals surface area contributed by atoms with Gasteiger partial charge in [-0.1, -0.05) is 30.3 Å². The monoisotopic (exact) mass is 249 g/mol. The van der Waals surface area contributed by atoms with E-state index < -0.39 is 5.60 Å². The van der Waals surface area contributed by atoms with Crippen molar-refractivity contribution in [1.82, 2.24) is 4.90 Å². The maximum absolute atomic E-state index is 11.1. The van der Waals surface area contributed by atoms with Crippen molar-refractivity contribution in [2.75, 3.05) is 13.1 Å². The summed E-state index contributed by atoms with van der Waals surface area (Å²) in [5, 5.41) is 9.90. The lowest BCUT2D eigenvalue weighted by Crippen LogP contribution is -2.39. The molecule has 1 rings (SSSR count). The predicted molar refractivity (Wildman–Crippen MR) is 73.3 cm³/mol. The number of carbonyl (C=O) groups is 1. The number of Topliss-reactive ketones (excluding diaryl/α,β-unsaturated/α-hetero) is 1. The van der Waals surface area contributed by atoms with Crippen molar-refractivity contribution in [3.05, 3.63) is 35.9 Å². The highest BCUT2D eigenvalue weighted by Gasteiger charge is 2.18. The summed E-state index contributed by atoms with van der Waals surface area (Å²) in [5.74, 6) is 0.184. The highest BCUT2D eigenvalue weighted by atomic mass is 16.3. The molecule has 0 bridgehead atoms. The van der Waals surface area contributed by atoms with Crippen molar-refractivity contribution in [2.24, 2.45) is 0 Å². The van der Waals surface area contributed by atoms with Gasteiger partial charge in [-0.15, -0.1) is 0 Å². The van der Waals surface area contributed by atoms with Gasteiger partial charge in [0.2, 0.25) is 0 Å². The second-order valence-corrected chi connectivity index (χ2v) is 5.46. The van der Waals surface area contributed by atoms with Crippen LogP contribution in [-0.4, -0.2) is 34.5 Å². The number of carbonyl (C=O) groups excluding carboxylic acids is 1. The molecule has 0 atom stereocenters. The van der Waals surface area contributed by atoms with Gasteiger partial charge in [0.25, 0.3) is 0 Å².